The Morgan fingerprint density at radius 1 is 0.167 bits per heavy atom. The Kier molecular flexibility index (Phi) is 10.1. The molecule has 0 aliphatic carbocycles. The maximum Gasteiger partial charge on any atom is 0.240 e. The lowest BCUT2D eigenvalue weighted by molar-refractivity contribution is 0.893. The third-order valence-corrected chi connectivity index (χ3v) is 18.8. The molecule has 0 bridgehead atoms. The molecule has 90 heavy (non-hydrogen) atoms. The molecule has 418 valence electrons. The minimum Gasteiger partial charge on any atom is -0.309 e. The molecule has 20 rings (SSSR count). The molecule has 7 heterocycles. The van der Waals surface area contributed by atoms with E-state index >= 15 is 0 Å². The Bertz CT molecular complexity index is 6130. The van der Waals surface area contributed by atoms with Crippen LogP contribution in [0.1, 0.15) is 0 Å². The van der Waals surface area contributed by atoms with Crippen LogP contribution >= 0.6 is 0 Å². The van der Waals surface area contributed by atoms with Crippen molar-refractivity contribution in [2.45, 2.75) is 0 Å². The average molecular weight is 1150 g/mol. The van der Waals surface area contributed by atoms with Crippen molar-refractivity contribution in [3.05, 3.63) is 297 Å². The maximum atomic E-state index is 5.72. The molecule has 0 N–H and O–H groups in total. The summed E-state index contributed by atoms with van der Waals surface area (Å²) in [4.78, 5) is 17.0. The van der Waals surface area contributed by atoms with Crippen LogP contribution in [0.5, 0.6) is 0 Å². The van der Waals surface area contributed by atoms with Gasteiger partial charge in [0.2, 0.25) is 11.9 Å². The fourth-order valence-corrected chi connectivity index (χ4v) is 15.0. The summed E-state index contributed by atoms with van der Waals surface area (Å²) in [7, 11) is 0. The van der Waals surface area contributed by atoms with Gasteiger partial charge in [0.15, 0.2) is 5.82 Å². The molecule has 0 radical (unpaired) electrons. The van der Waals surface area contributed by atoms with Crippen LogP contribution in [0, 0.1) is 0 Å². The zero-order chi connectivity index (χ0) is 58.7. The second kappa shape index (κ2) is 18.6. The first-order chi connectivity index (χ1) is 44.7. The van der Waals surface area contributed by atoms with Gasteiger partial charge in [-0.1, -0.05) is 164 Å². The topological polar surface area (TPSA) is 68.2 Å². The molecule has 9 heteroatoms. The van der Waals surface area contributed by atoms with Crippen LogP contribution in [0.25, 0.3) is 177 Å². The number of para-hydroxylation sites is 9. The average Bonchev–Trinajstić information content (AvgIpc) is 1.60. The van der Waals surface area contributed by atoms with Crippen molar-refractivity contribution in [2.75, 3.05) is 0 Å². The minimum atomic E-state index is 0.518. The predicted molar refractivity (Wildman–Crippen MR) is 371 cm³/mol. The second-order valence-corrected chi connectivity index (χ2v) is 23.6. The molecule has 0 atom stereocenters. The quantitative estimate of drug-likeness (QED) is 0.160. The Morgan fingerprint density at radius 2 is 0.411 bits per heavy atom. The van der Waals surface area contributed by atoms with Gasteiger partial charge in [0, 0.05) is 92.9 Å². The summed E-state index contributed by atoms with van der Waals surface area (Å²) in [6, 6.07) is 107. The monoisotopic (exact) mass is 1150 g/mol. The molecule has 7 aromatic heterocycles. The van der Waals surface area contributed by atoms with Crippen molar-refractivity contribution < 1.29 is 0 Å². The number of nitrogens with zero attached hydrogens (tertiary/aromatic N) is 9. The van der Waals surface area contributed by atoms with E-state index in [9.17, 15) is 0 Å². The molecule has 0 fully saturated rings. The van der Waals surface area contributed by atoms with E-state index in [1.807, 2.05) is 0 Å². The van der Waals surface area contributed by atoms with E-state index in [0.29, 0.717) is 17.7 Å². The van der Waals surface area contributed by atoms with Crippen molar-refractivity contribution in [1.29, 1.82) is 0 Å². The highest BCUT2D eigenvalue weighted by atomic mass is 15.3. The van der Waals surface area contributed by atoms with Gasteiger partial charge in [-0.05, 0) is 133 Å². The van der Waals surface area contributed by atoms with Crippen LogP contribution < -0.4 is 0 Å². The third kappa shape index (κ3) is 6.88. The van der Waals surface area contributed by atoms with E-state index in [1.54, 1.807) is 0 Å². The van der Waals surface area contributed by atoms with Crippen LogP contribution in [0.3, 0.4) is 0 Å². The first kappa shape index (κ1) is 48.9. The Morgan fingerprint density at radius 3 is 0.733 bits per heavy atom. The fourth-order valence-electron chi connectivity index (χ4n) is 15.0. The molecule has 13 aromatic carbocycles. The van der Waals surface area contributed by atoms with Crippen LogP contribution in [0.4, 0.5) is 0 Å². The molecule has 0 aliphatic heterocycles. The molecular formula is C81H49N9. The van der Waals surface area contributed by atoms with Crippen LogP contribution in [-0.4, -0.2) is 42.4 Å². The van der Waals surface area contributed by atoms with Gasteiger partial charge in [0.1, 0.15) is 0 Å². The van der Waals surface area contributed by atoms with Gasteiger partial charge in [0.05, 0.1) is 66.2 Å². The number of hydrogen-bond acceptors (Lipinski definition) is 3. The predicted octanol–water partition coefficient (Wildman–Crippen LogP) is 20.1. The summed E-state index contributed by atoms with van der Waals surface area (Å²) in [6.07, 6.45) is 0. The lowest BCUT2D eigenvalue weighted by Crippen LogP contribution is -2.10. The van der Waals surface area contributed by atoms with Gasteiger partial charge in [0.25, 0.3) is 0 Å². The van der Waals surface area contributed by atoms with Gasteiger partial charge >= 0.3 is 0 Å². The summed E-state index contributed by atoms with van der Waals surface area (Å²) < 4.78 is 14.1. The van der Waals surface area contributed by atoms with Crippen molar-refractivity contribution >= 4 is 131 Å². The van der Waals surface area contributed by atoms with Crippen molar-refractivity contribution in [3.63, 3.8) is 0 Å². The Labute approximate surface area is 513 Å². The molecular weight excluding hydrogens is 1100 g/mol. The molecule has 0 aliphatic rings. The van der Waals surface area contributed by atoms with Crippen molar-refractivity contribution in [1.82, 2.24) is 42.4 Å². The van der Waals surface area contributed by atoms with Crippen LogP contribution in [0.2, 0.25) is 0 Å². The standard InChI is InChI=1S/C81H49N9/c1-4-22-51(23-5-1)85-69-36-18-12-30-57(69)63-47-75-65(45-73(63)85)59-32-14-20-38-71(59)89(75)80-82-79(83-81(84-80)90-72-39-21-15-33-60(72)66-46-74-64(48-76(66)90)58-31-13-19-37-70(58)86(74)52-24-6-2-7-25-52)50-40-42-54(43-41-50)88-68-35-17-11-29-56(68)62-44-61-55-28-10-16-34-67(55)87(77(61)49-78(62)88)53-26-8-3-9-27-53/h1-49H. The summed E-state index contributed by atoms with van der Waals surface area (Å²) in [5.74, 6) is 1.59. The zero-order valence-electron chi connectivity index (χ0n) is 48.3. The lowest BCUT2D eigenvalue weighted by Gasteiger charge is -2.14. The SMILES string of the molecule is c1ccc(-n2c3ccccc3c3cc4c(cc32)c2ccccc2n4-c2nc(-c3ccc(-n4c5ccccc5c5cc6c7ccccc7n(-c7ccccc7)c6cc54)cc3)nc(-n3c4ccccc4c4cc5c(cc43)c3ccccc3n5-c3ccccc3)n2)cc1. The largest absolute Gasteiger partial charge is 0.309 e. The Hall–Kier alpha value is -12.3. The van der Waals surface area contributed by atoms with Crippen LogP contribution in [-0.2, 0) is 0 Å². The third-order valence-electron chi connectivity index (χ3n) is 18.8. The Balaban J connectivity index is 0.844. The first-order valence-electron chi connectivity index (χ1n) is 30.6. The van der Waals surface area contributed by atoms with E-state index in [0.717, 1.165) is 121 Å². The van der Waals surface area contributed by atoms with Gasteiger partial charge in [-0.2, -0.15) is 15.0 Å². The molecule has 0 saturated heterocycles. The van der Waals surface area contributed by atoms with Gasteiger partial charge in [-0.3, -0.25) is 9.13 Å². The van der Waals surface area contributed by atoms with Crippen molar-refractivity contribution in [3.8, 4) is 46.0 Å². The number of aromatic nitrogens is 9. The smallest absolute Gasteiger partial charge is 0.240 e. The molecule has 9 nitrogen and oxygen atoms in total. The van der Waals surface area contributed by atoms with Crippen LogP contribution in [0.15, 0.2) is 297 Å². The van der Waals surface area contributed by atoms with E-state index in [-0.39, 0.29) is 0 Å². The summed E-state index contributed by atoms with van der Waals surface area (Å²) in [5, 5.41) is 13.9. The molecule has 20 aromatic rings. The van der Waals surface area contributed by atoms with Gasteiger partial charge in [-0.15, -0.1) is 0 Å². The fraction of sp³-hybridized carbons (Fsp3) is 0. The van der Waals surface area contributed by atoms with E-state index in [1.165, 1.54) is 37.8 Å². The molecule has 0 unspecified atom stereocenters. The summed E-state index contributed by atoms with van der Waals surface area (Å²) in [5.41, 5.74) is 18.4. The molecule has 0 spiro atoms. The second-order valence-electron chi connectivity index (χ2n) is 23.6. The lowest BCUT2D eigenvalue weighted by atomic mass is 10.1. The number of benzene rings is 13. The first-order valence-corrected chi connectivity index (χ1v) is 30.6. The van der Waals surface area contributed by atoms with Gasteiger partial charge < -0.3 is 18.3 Å². The van der Waals surface area contributed by atoms with E-state index < -0.39 is 0 Å². The highest BCUT2D eigenvalue weighted by Crippen LogP contribution is 2.44. The maximum absolute atomic E-state index is 5.72. The van der Waals surface area contributed by atoms with Crippen molar-refractivity contribution in [2.24, 2.45) is 0 Å². The van der Waals surface area contributed by atoms with E-state index in [2.05, 4.69) is 325 Å². The molecule has 0 amide bonds. The van der Waals surface area contributed by atoms with E-state index in [4.69, 9.17) is 15.0 Å². The summed E-state index contributed by atoms with van der Waals surface area (Å²) >= 11 is 0. The normalized spacial score (nSPS) is 12.2. The molecule has 0 saturated carbocycles. The highest BCUT2D eigenvalue weighted by Gasteiger charge is 2.26. The minimum absolute atomic E-state index is 0.518. The zero-order valence-corrected chi connectivity index (χ0v) is 48.3. The number of fused-ring (bicyclic) bond motifs is 18. The summed E-state index contributed by atoms with van der Waals surface area (Å²) in [6.45, 7) is 0. The van der Waals surface area contributed by atoms with Gasteiger partial charge in [-0.25, -0.2) is 0 Å². The highest BCUT2D eigenvalue weighted by molar-refractivity contribution is 6.22. The number of hydrogen-bond donors (Lipinski definition) is 0. The number of rotatable bonds is 7.